The Balaban J connectivity index is 2.38. The van der Waals surface area contributed by atoms with Crippen molar-refractivity contribution < 1.29 is 24.2 Å². The van der Waals surface area contributed by atoms with E-state index in [0.29, 0.717) is 19.4 Å². The van der Waals surface area contributed by atoms with Crippen molar-refractivity contribution in [1.82, 2.24) is 5.32 Å². The number of alkyl carbamates (subject to hydrolysis) is 1. The fourth-order valence-electron chi connectivity index (χ4n) is 1.95. The molecule has 0 aliphatic carbocycles. The van der Waals surface area contributed by atoms with E-state index in [9.17, 15) is 9.59 Å². The van der Waals surface area contributed by atoms with Gasteiger partial charge in [0.15, 0.2) is 0 Å². The Bertz CT molecular complexity index is 495. The predicted octanol–water partition coefficient (Wildman–Crippen LogP) is 3.21. The number of para-hydroxylation sites is 1. The third kappa shape index (κ3) is 9.39. The molecule has 0 heterocycles. The van der Waals surface area contributed by atoms with Gasteiger partial charge < -0.3 is 19.9 Å². The minimum Gasteiger partial charge on any atom is -0.494 e. The summed E-state index contributed by atoms with van der Waals surface area (Å²) in [6, 6.07) is 8.89. The van der Waals surface area contributed by atoms with Gasteiger partial charge in [0.2, 0.25) is 0 Å². The van der Waals surface area contributed by atoms with Crippen LogP contribution in [0, 0.1) is 0 Å². The summed E-state index contributed by atoms with van der Waals surface area (Å²) in [5.41, 5.74) is -0.617. The Labute approximate surface area is 136 Å². The number of benzene rings is 1. The van der Waals surface area contributed by atoms with E-state index < -0.39 is 23.7 Å². The largest absolute Gasteiger partial charge is 0.494 e. The quantitative estimate of drug-likeness (QED) is 0.718. The van der Waals surface area contributed by atoms with Gasteiger partial charge in [0.1, 0.15) is 11.4 Å². The number of ether oxygens (including phenoxy) is 2. The van der Waals surface area contributed by atoms with Gasteiger partial charge in [-0.3, -0.25) is 4.79 Å². The molecule has 2 N–H and O–H groups in total. The molecule has 1 amide bonds. The van der Waals surface area contributed by atoms with Crippen LogP contribution in [-0.2, 0) is 9.53 Å². The highest BCUT2D eigenvalue weighted by Gasteiger charge is 2.21. The van der Waals surface area contributed by atoms with Crippen LogP contribution in [0.5, 0.6) is 5.75 Å². The van der Waals surface area contributed by atoms with E-state index in [1.165, 1.54) is 0 Å². The molecule has 23 heavy (non-hydrogen) atoms. The van der Waals surface area contributed by atoms with Crippen LogP contribution in [0.15, 0.2) is 30.3 Å². The van der Waals surface area contributed by atoms with E-state index in [4.69, 9.17) is 14.6 Å². The molecule has 0 bridgehead atoms. The number of nitrogens with one attached hydrogen (secondary N) is 1. The third-order valence-corrected chi connectivity index (χ3v) is 2.85. The lowest BCUT2D eigenvalue weighted by Gasteiger charge is -2.23. The van der Waals surface area contributed by atoms with Crippen LogP contribution < -0.4 is 10.1 Å². The highest BCUT2D eigenvalue weighted by Crippen LogP contribution is 2.11. The number of carboxylic acid groups (broad SMARTS) is 1. The Morgan fingerprint density at radius 2 is 1.87 bits per heavy atom. The number of amides is 1. The van der Waals surface area contributed by atoms with Gasteiger partial charge in [-0.25, -0.2) is 4.79 Å². The fraction of sp³-hybridized carbons (Fsp3) is 0.529. The first-order chi connectivity index (χ1) is 10.8. The van der Waals surface area contributed by atoms with Gasteiger partial charge in [-0.15, -0.1) is 0 Å². The number of carbonyl (C=O) groups is 2. The second kappa shape index (κ2) is 9.02. The lowest BCUT2D eigenvalue weighted by molar-refractivity contribution is -0.137. The van der Waals surface area contributed by atoms with E-state index in [1.807, 2.05) is 30.3 Å². The van der Waals surface area contributed by atoms with Crippen molar-refractivity contribution in [2.24, 2.45) is 0 Å². The van der Waals surface area contributed by atoms with Crippen LogP contribution in [0.1, 0.15) is 40.0 Å². The predicted molar refractivity (Wildman–Crippen MR) is 86.6 cm³/mol. The molecular weight excluding hydrogens is 298 g/mol. The zero-order chi connectivity index (χ0) is 17.3. The van der Waals surface area contributed by atoms with Crippen LogP contribution in [-0.4, -0.2) is 35.4 Å². The Morgan fingerprint density at radius 3 is 2.43 bits per heavy atom. The van der Waals surface area contributed by atoms with Gasteiger partial charge >= 0.3 is 12.1 Å². The number of carboxylic acids is 1. The molecule has 6 nitrogen and oxygen atoms in total. The van der Waals surface area contributed by atoms with Gasteiger partial charge in [-0.2, -0.15) is 0 Å². The fourth-order valence-corrected chi connectivity index (χ4v) is 1.95. The highest BCUT2D eigenvalue weighted by atomic mass is 16.6. The summed E-state index contributed by atoms with van der Waals surface area (Å²) in [7, 11) is 0. The van der Waals surface area contributed by atoms with Crippen LogP contribution >= 0.6 is 0 Å². The average Bonchev–Trinajstić information content (AvgIpc) is 2.41. The Hall–Kier alpha value is -2.24. The molecular formula is C17H25NO5. The maximum atomic E-state index is 11.7. The molecule has 0 saturated heterocycles. The lowest BCUT2D eigenvalue weighted by atomic mass is 10.1. The van der Waals surface area contributed by atoms with Crippen molar-refractivity contribution in [2.45, 2.75) is 51.7 Å². The average molecular weight is 323 g/mol. The SMILES string of the molecule is CC(C)(C)OC(=O)N[C@@H](CCCOc1ccccc1)CC(=O)O. The monoisotopic (exact) mass is 323 g/mol. The van der Waals surface area contributed by atoms with E-state index in [1.54, 1.807) is 20.8 Å². The molecule has 0 radical (unpaired) electrons. The van der Waals surface area contributed by atoms with Crippen molar-refractivity contribution in [3.63, 3.8) is 0 Å². The summed E-state index contributed by atoms with van der Waals surface area (Å²) in [6.45, 7) is 5.72. The van der Waals surface area contributed by atoms with E-state index >= 15 is 0 Å². The molecule has 6 heteroatoms. The van der Waals surface area contributed by atoms with Gasteiger partial charge in [0, 0.05) is 6.04 Å². The van der Waals surface area contributed by atoms with Gasteiger partial charge in [0.25, 0.3) is 0 Å². The summed E-state index contributed by atoms with van der Waals surface area (Å²) in [5, 5.41) is 11.5. The normalized spacial score (nSPS) is 12.3. The molecule has 0 saturated carbocycles. The minimum atomic E-state index is -0.963. The van der Waals surface area contributed by atoms with Crippen molar-refractivity contribution in [1.29, 1.82) is 0 Å². The number of aliphatic carboxylic acids is 1. The van der Waals surface area contributed by atoms with Crippen LogP contribution in [0.2, 0.25) is 0 Å². The van der Waals surface area contributed by atoms with E-state index in [0.717, 1.165) is 5.75 Å². The topological polar surface area (TPSA) is 84.9 Å². The van der Waals surface area contributed by atoms with E-state index in [2.05, 4.69) is 5.32 Å². The van der Waals surface area contributed by atoms with Gasteiger partial charge in [-0.05, 0) is 45.7 Å². The molecule has 0 aliphatic heterocycles. The Morgan fingerprint density at radius 1 is 1.22 bits per heavy atom. The maximum absolute atomic E-state index is 11.7. The van der Waals surface area contributed by atoms with Crippen LogP contribution in [0.3, 0.4) is 0 Å². The van der Waals surface area contributed by atoms with E-state index in [-0.39, 0.29) is 6.42 Å². The summed E-state index contributed by atoms with van der Waals surface area (Å²) in [5.74, 6) is -0.197. The molecule has 128 valence electrons. The third-order valence-electron chi connectivity index (χ3n) is 2.85. The summed E-state index contributed by atoms with van der Waals surface area (Å²) in [4.78, 5) is 22.7. The summed E-state index contributed by atoms with van der Waals surface area (Å²) < 4.78 is 10.7. The zero-order valence-electron chi connectivity index (χ0n) is 13.9. The first-order valence-corrected chi connectivity index (χ1v) is 7.65. The first-order valence-electron chi connectivity index (χ1n) is 7.65. The molecule has 0 unspecified atom stereocenters. The van der Waals surface area contributed by atoms with Crippen LogP contribution in [0.4, 0.5) is 4.79 Å². The Kier molecular flexibility index (Phi) is 7.38. The van der Waals surface area contributed by atoms with Crippen molar-refractivity contribution in [3.8, 4) is 5.75 Å². The zero-order valence-corrected chi connectivity index (χ0v) is 13.9. The number of hydrogen-bond donors (Lipinski definition) is 2. The molecule has 1 aromatic rings. The molecule has 0 aliphatic rings. The smallest absolute Gasteiger partial charge is 0.407 e. The maximum Gasteiger partial charge on any atom is 0.407 e. The summed E-state index contributed by atoms with van der Waals surface area (Å²) in [6.07, 6.45) is 0.374. The van der Waals surface area contributed by atoms with Gasteiger partial charge in [-0.1, -0.05) is 18.2 Å². The second-order valence-electron chi connectivity index (χ2n) is 6.24. The number of hydrogen-bond acceptors (Lipinski definition) is 4. The molecule has 1 aromatic carbocycles. The molecule has 0 spiro atoms. The number of carbonyl (C=O) groups excluding carboxylic acids is 1. The molecule has 0 aromatic heterocycles. The van der Waals surface area contributed by atoms with Crippen molar-refractivity contribution in [2.75, 3.05) is 6.61 Å². The van der Waals surface area contributed by atoms with Gasteiger partial charge in [0.05, 0.1) is 13.0 Å². The highest BCUT2D eigenvalue weighted by molar-refractivity contribution is 5.71. The standard InChI is InChI=1S/C17H25NO5/c1-17(2,3)23-16(21)18-13(12-15(19)20)8-7-11-22-14-9-5-4-6-10-14/h4-6,9-10,13H,7-8,11-12H2,1-3H3,(H,18,21)(H,19,20)/t13-/m0/s1. The summed E-state index contributed by atoms with van der Waals surface area (Å²) >= 11 is 0. The first kappa shape index (κ1) is 18.8. The number of rotatable bonds is 8. The second-order valence-corrected chi connectivity index (χ2v) is 6.24. The molecule has 0 fully saturated rings. The molecule has 1 rings (SSSR count). The lowest BCUT2D eigenvalue weighted by Crippen LogP contribution is -2.40. The van der Waals surface area contributed by atoms with Crippen molar-refractivity contribution in [3.05, 3.63) is 30.3 Å². The minimum absolute atomic E-state index is 0.148. The molecule has 1 atom stereocenters. The van der Waals surface area contributed by atoms with Crippen molar-refractivity contribution >= 4 is 12.1 Å². The van der Waals surface area contributed by atoms with Crippen LogP contribution in [0.25, 0.3) is 0 Å².